The zero-order chi connectivity index (χ0) is 13.8. The predicted molar refractivity (Wildman–Crippen MR) is 80.7 cm³/mol. The Kier molecular flexibility index (Phi) is 5.01. The Morgan fingerprint density at radius 1 is 1.28 bits per heavy atom. The first-order chi connectivity index (χ1) is 8.38. The summed E-state index contributed by atoms with van der Waals surface area (Å²) in [5.41, 5.74) is 2.86. The van der Waals surface area contributed by atoms with E-state index in [4.69, 9.17) is 0 Å². The van der Waals surface area contributed by atoms with Crippen molar-refractivity contribution in [1.82, 2.24) is 4.90 Å². The highest BCUT2D eigenvalue weighted by atomic mass is 15.1. The lowest BCUT2D eigenvalue weighted by Gasteiger charge is -2.37. The van der Waals surface area contributed by atoms with E-state index in [0.717, 1.165) is 13.0 Å². The molecule has 0 spiro atoms. The zero-order valence-corrected chi connectivity index (χ0v) is 12.5. The number of hydrogen-bond donors (Lipinski definition) is 0. The van der Waals surface area contributed by atoms with E-state index >= 15 is 0 Å². The molecule has 1 aromatic carbocycles. The van der Waals surface area contributed by atoms with Gasteiger partial charge in [0.25, 0.3) is 0 Å². The first-order valence-electron chi connectivity index (χ1n) is 6.82. The molecule has 1 atom stereocenters. The van der Waals surface area contributed by atoms with Gasteiger partial charge < -0.3 is 4.90 Å². The molecule has 0 bridgehead atoms. The molecule has 18 heavy (non-hydrogen) atoms. The maximum absolute atomic E-state index is 4.12. The molecule has 1 heteroatoms. The average Bonchev–Trinajstić information content (AvgIpc) is 2.37. The maximum atomic E-state index is 4.12. The van der Waals surface area contributed by atoms with Gasteiger partial charge in [0.2, 0.25) is 0 Å². The number of benzene rings is 1. The Morgan fingerprint density at radius 3 is 2.33 bits per heavy atom. The van der Waals surface area contributed by atoms with Crippen LogP contribution in [0.4, 0.5) is 0 Å². The standard InChI is InChI=1S/C17H27N/c1-7-14(2)18(6)13-17(4,5)15(3)16-11-9-8-10-12-16/h8-12,15H,2,7,13H2,1,3-6H3. The van der Waals surface area contributed by atoms with Crippen LogP contribution in [0, 0.1) is 5.41 Å². The summed E-state index contributed by atoms with van der Waals surface area (Å²) in [5, 5.41) is 0. The molecule has 0 aliphatic carbocycles. The van der Waals surface area contributed by atoms with Crippen LogP contribution < -0.4 is 0 Å². The average molecular weight is 245 g/mol. The van der Waals surface area contributed by atoms with Gasteiger partial charge in [0.15, 0.2) is 0 Å². The van der Waals surface area contributed by atoms with Gasteiger partial charge in [-0.3, -0.25) is 0 Å². The van der Waals surface area contributed by atoms with Crippen molar-refractivity contribution in [3.05, 3.63) is 48.2 Å². The second kappa shape index (κ2) is 6.08. The van der Waals surface area contributed by atoms with E-state index in [1.54, 1.807) is 0 Å². The van der Waals surface area contributed by atoms with Crippen LogP contribution in [0.3, 0.4) is 0 Å². The van der Waals surface area contributed by atoms with Crippen LogP contribution in [-0.4, -0.2) is 18.5 Å². The third-order valence-corrected chi connectivity index (χ3v) is 4.06. The Bertz CT molecular complexity index is 378. The van der Waals surface area contributed by atoms with Gasteiger partial charge in [-0.25, -0.2) is 0 Å². The summed E-state index contributed by atoms with van der Waals surface area (Å²) >= 11 is 0. The van der Waals surface area contributed by atoms with E-state index in [2.05, 4.69) is 76.6 Å². The first kappa shape index (κ1) is 14.8. The van der Waals surface area contributed by atoms with Gasteiger partial charge in [-0.1, -0.05) is 64.6 Å². The van der Waals surface area contributed by atoms with Gasteiger partial charge in [0.05, 0.1) is 0 Å². The smallest absolute Gasteiger partial charge is 0.0228 e. The van der Waals surface area contributed by atoms with Crippen molar-refractivity contribution in [2.45, 2.75) is 40.0 Å². The third kappa shape index (κ3) is 3.63. The molecule has 0 saturated heterocycles. The first-order valence-corrected chi connectivity index (χ1v) is 6.82. The van der Waals surface area contributed by atoms with Crippen LogP contribution in [0.2, 0.25) is 0 Å². The lowest BCUT2D eigenvalue weighted by molar-refractivity contribution is 0.208. The minimum atomic E-state index is 0.230. The van der Waals surface area contributed by atoms with E-state index < -0.39 is 0 Å². The molecule has 1 nitrogen and oxygen atoms in total. The monoisotopic (exact) mass is 245 g/mol. The number of hydrogen-bond acceptors (Lipinski definition) is 1. The fraction of sp³-hybridized carbons (Fsp3) is 0.529. The molecule has 0 aliphatic rings. The summed E-state index contributed by atoms with van der Waals surface area (Å²) in [5.74, 6) is 0.533. The van der Waals surface area contributed by atoms with Crippen LogP contribution in [0.5, 0.6) is 0 Å². The van der Waals surface area contributed by atoms with Crippen LogP contribution in [0.25, 0.3) is 0 Å². The third-order valence-electron chi connectivity index (χ3n) is 4.06. The van der Waals surface area contributed by atoms with Crippen molar-refractivity contribution in [3.63, 3.8) is 0 Å². The molecule has 100 valence electrons. The number of nitrogens with zero attached hydrogens (tertiary/aromatic N) is 1. The molecule has 0 radical (unpaired) electrons. The van der Waals surface area contributed by atoms with Gasteiger partial charge in [-0.2, -0.15) is 0 Å². The summed E-state index contributed by atoms with van der Waals surface area (Å²) in [6.07, 6.45) is 1.02. The van der Waals surface area contributed by atoms with Crippen LogP contribution in [-0.2, 0) is 0 Å². The second-order valence-corrected chi connectivity index (χ2v) is 5.90. The summed E-state index contributed by atoms with van der Waals surface area (Å²) < 4.78 is 0. The van der Waals surface area contributed by atoms with E-state index in [-0.39, 0.29) is 5.41 Å². The zero-order valence-electron chi connectivity index (χ0n) is 12.5. The summed E-state index contributed by atoms with van der Waals surface area (Å²) in [6.45, 7) is 14.3. The molecule has 0 amide bonds. The van der Waals surface area contributed by atoms with Gasteiger partial charge in [-0.15, -0.1) is 0 Å². The number of allylic oxidation sites excluding steroid dienone is 1. The van der Waals surface area contributed by atoms with E-state index in [9.17, 15) is 0 Å². The predicted octanol–water partition coefficient (Wildman–Crippen LogP) is 4.67. The molecular weight excluding hydrogens is 218 g/mol. The van der Waals surface area contributed by atoms with Crippen molar-refractivity contribution < 1.29 is 0 Å². The molecule has 0 fully saturated rings. The fourth-order valence-corrected chi connectivity index (χ4v) is 2.32. The van der Waals surface area contributed by atoms with Crippen molar-refractivity contribution in [2.24, 2.45) is 5.41 Å². The minimum absolute atomic E-state index is 0.230. The van der Waals surface area contributed by atoms with E-state index in [1.165, 1.54) is 11.3 Å². The molecule has 1 aromatic rings. The summed E-state index contributed by atoms with van der Waals surface area (Å²) in [7, 11) is 2.14. The Balaban J connectivity index is 2.77. The molecule has 1 rings (SSSR count). The van der Waals surface area contributed by atoms with Gasteiger partial charge in [0, 0.05) is 19.3 Å². The normalized spacial score (nSPS) is 13.2. The molecule has 0 N–H and O–H groups in total. The maximum Gasteiger partial charge on any atom is 0.0228 e. The molecule has 0 saturated carbocycles. The largest absolute Gasteiger partial charge is 0.378 e. The van der Waals surface area contributed by atoms with Crippen LogP contribution >= 0.6 is 0 Å². The lowest BCUT2D eigenvalue weighted by Crippen LogP contribution is -2.34. The quantitative estimate of drug-likeness (QED) is 0.704. The molecular formula is C17H27N. The highest BCUT2D eigenvalue weighted by molar-refractivity contribution is 5.21. The van der Waals surface area contributed by atoms with E-state index in [0.29, 0.717) is 5.92 Å². The van der Waals surface area contributed by atoms with Crippen LogP contribution in [0.15, 0.2) is 42.6 Å². The summed E-state index contributed by atoms with van der Waals surface area (Å²) in [6, 6.07) is 10.8. The van der Waals surface area contributed by atoms with E-state index in [1.807, 2.05) is 0 Å². The fourth-order valence-electron chi connectivity index (χ4n) is 2.32. The highest BCUT2D eigenvalue weighted by Gasteiger charge is 2.28. The van der Waals surface area contributed by atoms with Crippen molar-refractivity contribution in [1.29, 1.82) is 0 Å². The van der Waals surface area contributed by atoms with Crippen molar-refractivity contribution in [2.75, 3.05) is 13.6 Å². The Labute approximate surface area is 113 Å². The second-order valence-electron chi connectivity index (χ2n) is 5.90. The lowest BCUT2D eigenvalue weighted by atomic mass is 9.75. The van der Waals surface area contributed by atoms with Gasteiger partial charge in [-0.05, 0) is 23.3 Å². The summed E-state index contributed by atoms with van der Waals surface area (Å²) in [4.78, 5) is 2.29. The number of rotatable bonds is 6. The molecule has 1 unspecified atom stereocenters. The van der Waals surface area contributed by atoms with Gasteiger partial charge in [0.1, 0.15) is 0 Å². The van der Waals surface area contributed by atoms with Crippen molar-refractivity contribution >= 4 is 0 Å². The highest BCUT2D eigenvalue weighted by Crippen LogP contribution is 2.36. The Morgan fingerprint density at radius 2 is 1.83 bits per heavy atom. The topological polar surface area (TPSA) is 3.24 Å². The molecule has 0 aliphatic heterocycles. The minimum Gasteiger partial charge on any atom is -0.378 e. The van der Waals surface area contributed by atoms with Gasteiger partial charge >= 0.3 is 0 Å². The SMILES string of the molecule is C=C(CC)N(C)CC(C)(C)C(C)c1ccccc1. The van der Waals surface area contributed by atoms with Crippen molar-refractivity contribution in [3.8, 4) is 0 Å². The Hall–Kier alpha value is -1.24. The molecule has 0 aromatic heterocycles. The van der Waals surface area contributed by atoms with Crippen LogP contribution in [0.1, 0.15) is 45.6 Å². The molecule has 0 heterocycles.